The van der Waals surface area contributed by atoms with Gasteiger partial charge >= 0.3 is 0 Å². The molecule has 4 N–H and O–H groups in total. The summed E-state index contributed by atoms with van der Waals surface area (Å²) in [5, 5.41) is 14.1. The predicted octanol–water partition coefficient (Wildman–Crippen LogP) is 1.57. The molecule has 0 saturated carbocycles. The fourth-order valence-corrected chi connectivity index (χ4v) is 4.94. The molecule has 4 rings (SSSR count). The standard InChI is InChI=1S/C24H31ClN6O3/c1-15-12-19(32)22-21(15)23(29-14-28-22)30-8-10-31(11-9-30)24(34)18(13-27-7-6-20(26)33)16-2-4-17(25)5-3-16/h2-5,14-15,18-19,27,32H,6-13H2,1H3,(H2,26,33)/t15-,18?,19-/m1/s1. The second kappa shape index (κ2) is 10.7. The van der Waals surface area contributed by atoms with E-state index in [0.717, 1.165) is 22.6 Å². The van der Waals surface area contributed by atoms with Crippen LogP contribution in [0.1, 0.15) is 54.5 Å². The monoisotopic (exact) mass is 486 g/mol. The fourth-order valence-electron chi connectivity index (χ4n) is 4.81. The van der Waals surface area contributed by atoms with Crippen molar-refractivity contribution < 1.29 is 14.7 Å². The molecule has 2 heterocycles. The van der Waals surface area contributed by atoms with Crippen LogP contribution in [0.5, 0.6) is 0 Å². The average Bonchev–Trinajstić information content (AvgIpc) is 3.13. The number of aliphatic hydroxyl groups excluding tert-OH is 1. The number of nitrogens with zero attached hydrogens (tertiary/aromatic N) is 4. The molecular weight excluding hydrogens is 456 g/mol. The minimum absolute atomic E-state index is 0.0326. The van der Waals surface area contributed by atoms with Gasteiger partial charge in [-0.25, -0.2) is 9.97 Å². The lowest BCUT2D eigenvalue weighted by atomic mass is 9.97. The number of halogens is 1. The zero-order chi connectivity index (χ0) is 24.2. The molecule has 3 atom stereocenters. The van der Waals surface area contributed by atoms with E-state index >= 15 is 0 Å². The largest absolute Gasteiger partial charge is 0.387 e. The Balaban J connectivity index is 1.44. The van der Waals surface area contributed by atoms with Crippen LogP contribution < -0.4 is 16.0 Å². The quantitative estimate of drug-likeness (QED) is 0.483. The number of primary amides is 1. The van der Waals surface area contributed by atoms with E-state index in [1.807, 2.05) is 17.0 Å². The summed E-state index contributed by atoms with van der Waals surface area (Å²) >= 11 is 6.05. The number of hydrogen-bond donors (Lipinski definition) is 3. The van der Waals surface area contributed by atoms with Gasteiger partial charge < -0.3 is 26.0 Å². The van der Waals surface area contributed by atoms with Crippen LogP contribution in [0.15, 0.2) is 30.6 Å². The molecule has 2 aliphatic rings. The van der Waals surface area contributed by atoms with Crippen molar-refractivity contribution in [3.8, 4) is 0 Å². The van der Waals surface area contributed by atoms with E-state index in [1.54, 1.807) is 12.1 Å². The molecule has 1 saturated heterocycles. The van der Waals surface area contributed by atoms with Gasteiger partial charge in [0.2, 0.25) is 11.8 Å². The molecule has 34 heavy (non-hydrogen) atoms. The summed E-state index contributed by atoms with van der Waals surface area (Å²) in [4.78, 5) is 37.5. The second-order valence-electron chi connectivity index (χ2n) is 8.99. The van der Waals surface area contributed by atoms with Crippen molar-refractivity contribution >= 4 is 29.2 Å². The van der Waals surface area contributed by atoms with E-state index in [4.69, 9.17) is 17.3 Å². The number of benzene rings is 1. The summed E-state index contributed by atoms with van der Waals surface area (Å²) in [7, 11) is 0. The molecule has 0 bridgehead atoms. The lowest BCUT2D eigenvalue weighted by molar-refractivity contribution is -0.133. The summed E-state index contributed by atoms with van der Waals surface area (Å²) < 4.78 is 0. The van der Waals surface area contributed by atoms with Crippen LogP contribution in [0.4, 0.5) is 5.82 Å². The molecule has 1 fully saturated rings. The fraction of sp³-hybridized carbons (Fsp3) is 0.500. The lowest BCUT2D eigenvalue weighted by Gasteiger charge is -2.38. The van der Waals surface area contributed by atoms with Gasteiger partial charge in [0.1, 0.15) is 12.1 Å². The number of carbonyl (C=O) groups is 2. The van der Waals surface area contributed by atoms with Crippen molar-refractivity contribution in [3.63, 3.8) is 0 Å². The van der Waals surface area contributed by atoms with Crippen molar-refractivity contribution in [1.82, 2.24) is 20.2 Å². The first-order chi connectivity index (χ1) is 16.3. The van der Waals surface area contributed by atoms with Gasteiger partial charge in [-0.05, 0) is 30.0 Å². The molecule has 10 heteroatoms. The number of piperazine rings is 1. The Kier molecular flexibility index (Phi) is 7.65. The number of nitrogens with one attached hydrogen (secondary N) is 1. The molecule has 0 radical (unpaired) electrons. The van der Waals surface area contributed by atoms with E-state index in [-0.39, 0.29) is 24.2 Å². The highest BCUT2D eigenvalue weighted by atomic mass is 35.5. The van der Waals surface area contributed by atoms with Gasteiger partial charge in [0.25, 0.3) is 0 Å². The Bertz CT molecular complexity index is 1030. The van der Waals surface area contributed by atoms with Gasteiger partial charge in [0.05, 0.1) is 17.7 Å². The van der Waals surface area contributed by atoms with Crippen LogP contribution in [0.25, 0.3) is 0 Å². The number of anilines is 1. The van der Waals surface area contributed by atoms with Gasteiger partial charge in [-0.2, -0.15) is 0 Å². The van der Waals surface area contributed by atoms with Crippen LogP contribution in [-0.4, -0.2) is 71.1 Å². The normalized spacial score (nSPS) is 20.8. The van der Waals surface area contributed by atoms with E-state index in [9.17, 15) is 14.7 Å². The third kappa shape index (κ3) is 5.32. The maximum atomic E-state index is 13.5. The van der Waals surface area contributed by atoms with Gasteiger partial charge in [-0.3, -0.25) is 9.59 Å². The summed E-state index contributed by atoms with van der Waals surface area (Å²) in [6.45, 7) is 5.36. The van der Waals surface area contributed by atoms with E-state index in [0.29, 0.717) is 50.7 Å². The van der Waals surface area contributed by atoms with Crippen molar-refractivity contribution in [2.24, 2.45) is 5.73 Å². The summed E-state index contributed by atoms with van der Waals surface area (Å²) in [6.07, 6.45) is 1.85. The number of hydrogen-bond acceptors (Lipinski definition) is 7. The number of rotatable bonds is 8. The smallest absolute Gasteiger partial charge is 0.231 e. The molecule has 1 aliphatic heterocycles. The van der Waals surface area contributed by atoms with Gasteiger partial charge in [-0.15, -0.1) is 0 Å². The Hall–Kier alpha value is -2.75. The first kappa shape index (κ1) is 24.4. The zero-order valence-corrected chi connectivity index (χ0v) is 20.0. The number of fused-ring (bicyclic) bond motifs is 1. The molecule has 1 aromatic heterocycles. The van der Waals surface area contributed by atoms with Crippen molar-refractivity contribution in [2.45, 2.75) is 37.7 Å². The van der Waals surface area contributed by atoms with Gasteiger partial charge in [0, 0.05) is 56.3 Å². The minimum atomic E-state index is -0.545. The Morgan fingerprint density at radius 3 is 2.59 bits per heavy atom. The third-order valence-electron chi connectivity index (χ3n) is 6.64. The van der Waals surface area contributed by atoms with Crippen molar-refractivity contribution in [3.05, 3.63) is 52.4 Å². The Morgan fingerprint density at radius 1 is 1.21 bits per heavy atom. The highest BCUT2D eigenvalue weighted by Gasteiger charge is 2.35. The van der Waals surface area contributed by atoms with E-state index in [1.165, 1.54) is 6.33 Å². The topological polar surface area (TPSA) is 125 Å². The van der Waals surface area contributed by atoms with Crippen molar-refractivity contribution in [2.75, 3.05) is 44.2 Å². The van der Waals surface area contributed by atoms with Crippen LogP contribution in [-0.2, 0) is 9.59 Å². The molecule has 2 amide bonds. The molecule has 1 aromatic carbocycles. The average molecular weight is 487 g/mol. The maximum Gasteiger partial charge on any atom is 0.231 e. The summed E-state index contributed by atoms with van der Waals surface area (Å²) in [5.41, 5.74) is 7.85. The number of amides is 2. The molecule has 1 aliphatic carbocycles. The number of aromatic nitrogens is 2. The molecule has 182 valence electrons. The number of carbonyl (C=O) groups excluding carboxylic acids is 2. The van der Waals surface area contributed by atoms with Crippen molar-refractivity contribution in [1.29, 1.82) is 0 Å². The third-order valence-corrected chi connectivity index (χ3v) is 6.89. The highest BCUT2D eigenvalue weighted by molar-refractivity contribution is 6.30. The first-order valence-corrected chi connectivity index (χ1v) is 12.0. The molecule has 1 unspecified atom stereocenters. The van der Waals surface area contributed by atoms with Crippen LogP contribution in [0.2, 0.25) is 5.02 Å². The summed E-state index contributed by atoms with van der Waals surface area (Å²) in [5.74, 6) is 0.321. The highest BCUT2D eigenvalue weighted by Crippen LogP contribution is 2.42. The molecular formula is C24H31ClN6O3. The van der Waals surface area contributed by atoms with Gasteiger partial charge in [-0.1, -0.05) is 30.7 Å². The van der Waals surface area contributed by atoms with Crippen LogP contribution in [0, 0.1) is 0 Å². The summed E-state index contributed by atoms with van der Waals surface area (Å²) in [6, 6.07) is 7.30. The Labute approximate surface area is 204 Å². The molecule has 2 aromatic rings. The van der Waals surface area contributed by atoms with Crippen LogP contribution in [0.3, 0.4) is 0 Å². The van der Waals surface area contributed by atoms with E-state index in [2.05, 4.69) is 27.1 Å². The maximum absolute atomic E-state index is 13.5. The Morgan fingerprint density at radius 2 is 1.91 bits per heavy atom. The van der Waals surface area contributed by atoms with E-state index < -0.39 is 12.0 Å². The van der Waals surface area contributed by atoms with Crippen LogP contribution >= 0.6 is 11.6 Å². The molecule has 0 spiro atoms. The zero-order valence-electron chi connectivity index (χ0n) is 19.3. The predicted molar refractivity (Wildman–Crippen MR) is 130 cm³/mol. The first-order valence-electron chi connectivity index (χ1n) is 11.7. The molecule has 9 nitrogen and oxygen atoms in total. The number of nitrogens with two attached hydrogens (primary N) is 1. The number of aliphatic hydroxyl groups is 1. The second-order valence-corrected chi connectivity index (χ2v) is 9.42. The SMILES string of the molecule is C[C@@H]1C[C@@H](O)c2ncnc(N3CCN(C(=O)C(CNCCC(N)=O)c4ccc(Cl)cc4)CC3)c21. The van der Waals surface area contributed by atoms with Gasteiger partial charge in [0.15, 0.2) is 0 Å². The minimum Gasteiger partial charge on any atom is -0.387 e. The lowest BCUT2D eigenvalue weighted by Crippen LogP contribution is -2.51.